The van der Waals surface area contributed by atoms with E-state index in [2.05, 4.69) is 22.6 Å². The van der Waals surface area contributed by atoms with Crippen LogP contribution in [0.3, 0.4) is 0 Å². The monoisotopic (exact) mass is 190 g/mol. The standard InChI is InChI=1S/C10H10N2S/c1-10(13)5-8-3-2-4-12-9(8)6-11-7-10/h2-7,13H,1H3. The number of nitrogens with zero attached hydrogens (tertiary/aromatic N) is 2. The number of thiol groups is 1. The molecule has 0 amide bonds. The molecule has 13 heavy (non-hydrogen) atoms. The van der Waals surface area contributed by atoms with Crippen molar-refractivity contribution in [3.05, 3.63) is 28.9 Å². The van der Waals surface area contributed by atoms with Crippen LogP contribution in [0.5, 0.6) is 0 Å². The van der Waals surface area contributed by atoms with E-state index in [-0.39, 0.29) is 4.75 Å². The SMILES string of the molecule is CC1(S)C=NC=c2ncccc2=C1. The Kier molecular flexibility index (Phi) is 1.96. The maximum absolute atomic E-state index is 4.46. The quantitative estimate of drug-likeness (QED) is 0.588. The molecule has 1 aliphatic rings. The third-order valence-electron chi connectivity index (χ3n) is 1.85. The molecule has 1 aromatic heterocycles. The van der Waals surface area contributed by atoms with Crippen LogP contribution in [-0.2, 0) is 0 Å². The first-order valence-corrected chi connectivity index (χ1v) is 4.53. The molecule has 0 spiro atoms. The van der Waals surface area contributed by atoms with Gasteiger partial charge in [-0.1, -0.05) is 12.1 Å². The van der Waals surface area contributed by atoms with Gasteiger partial charge in [-0.15, -0.1) is 0 Å². The molecule has 2 nitrogen and oxygen atoms in total. The number of hydrogen-bond donors (Lipinski definition) is 1. The van der Waals surface area contributed by atoms with E-state index in [4.69, 9.17) is 0 Å². The maximum atomic E-state index is 4.46. The van der Waals surface area contributed by atoms with E-state index in [1.807, 2.05) is 25.1 Å². The van der Waals surface area contributed by atoms with Crippen LogP contribution in [0.25, 0.3) is 12.3 Å². The molecule has 0 saturated carbocycles. The molecule has 1 atom stereocenters. The molecule has 0 N–H and O–H groups in total. The van der Waals surface area contributed by atoms with E-state index >= 15 is 0 Å². The lowest BCUT2D eigenvalue weighted by Crippen LogP contribution is -2.29. The molecular formula is C10H10N2S. The van der Waals surface area contributed by atoms with E-state index in [0.29, 0.717) is 0 Å². The second kappa shape index (κ2) is 3.00. The van der Waals surface area contributed by atoms with Crippen LogP contribution in [0.1, 0.15) is 6.92 Å². The van der Waals surface area contributed by atoms with Crippen LogP contribution < -0.4 is 10.6 Å². The van der Waals surface area contributed by atoms with Gasteiger partial charge >= 0.3 is 0 Å². The summed E-state index contributed by atoms with van der Waals surface area (Å²) in [5, 5.41) is 1.98. The van der Waals surface area contributed by atoms with E-state index in [0.717, 1.165) is 10.6 Å². The molecule has 0 fully saturated rings. The molecule has 0 saturated heterocycles. The summed E-state index contributed by atoms with van der Waals surface area (Å²) in [6, 6.07) is 3.93. The predicted octanol–water partition coefficient (Wildman–Crippen LogP) is 0.373. The molecule has 0 aromatic carbocycles. The Morgan fingerprint density at radius 3 is 3.15 bits per heavy atom. The highest BCUT2D eigenvalue weighted by Gasteiger charge is 2.12. The summed E-state index contributed by atoms with van der Waals surface area (Å²) in [5.74, 6) is 0. The summed E-state index contributed by atoms with van der Waals surface area (Å²) in [4.78, 5) is 8.36. The van der Waals surface area contributed by atoms with Gasteiger partial charge in [0, 0.05) is 12.4 Å². The number of rotatable bonds is 0. The van der Waals surface area contributed by atoms with Crippen molar-refractivity contribution in [2.75, 3.05) is 0 Å². The molecule has 0 aliphatic carbocycles. The summed E-state index contributed by atoms with van der Waals surface area (Å²) in [6.45, 7) is 2.00. The third-order valence-corrected chi connectivity index (χ3v) is 2.10. The fourth-order valence-corrected chi connectivity index (χ4v) is 1.48. The smallest absolute Gasteiger partial charge is 0.0881 e. The zero-order valence-electron chi connectivity index (χ0n) is 7.31. The first kappa shape index (κ1) is 8.51. The highest BCUT2D eigenvalue weighted by Crippen LogP contribution is 2.12. The zero-order chi connectivity index (χ0) is 9.31. The van der Waals surface area contributed by atoms with Gasteiger partial charge in [0.2, 0.25) is 0 Å². The van der Waals surface area contributed by atoms with Crippen molar-refractivity contribution >= 4 is 31.1 Å². The molecule has 0 bridgehead atoms. The van der Waals surface area contributed by atoms with Crippen LogP contribution >= 0.6 is 12.6 Å². The summed E-state index contributed by atoms with van der Waals surface area (Å²) >= 11 is 4.46. The number of aliphatic imine (C=N–C) groups is 1. The maximum Gasteiger partial charge on any atom is 0.0881 e. The molecule has 1 aliphatic heterocycles. The summed E-state index contributed by atoms with van der Waals surface area (Å²) < 4.78 is -0.287. The molecule has 0 radical (unpaired) electrons. The van der Waals surface area contributed by atoms with Crippen LogP contribution in [0.15, 0.2) is 23.3 Å². The Morgan fingerprint density at radius 2 is 2.31 bits per heavy atom. The Labute approximate surface area is 82.1 Å². The van der Waals surface area contributed by atoms with E-state index in [9.17, 15) is 0 Å². The van der Waals surface area contributed by atoms with Gasteiger partial charge < -0.3 is 0 Å². The molecule has 2 heterocycles. The Bertz CT molecular complexity index is 460. The average Bonchev–Trinajstić information content (AvgIpc) is 2.21. The van der Waals surface area contributed by atoms with Crippen LogP contribution in [-0.4, -0.2) is 15.9 Å². The molecule has 1 aromatic rings. The van der Waals surface area contributed by atoms with Crippen molar-refractivity contribution in [2.24, 2.45) is 4.99 Å². The second-order valence-electron chi connectivity index (χ2n) is 3.26. The lowest BCUT2D eigenvalue weighted by molar-refractivity contribution is 1.15. The minimum absolute atomic E-state index is 0.287. The largest absolute Gasteiger partial charge is 0.265 e. The Morgan fingerprint density at radius 1 is 1.46 bits per heavy atom. The minimum atomic E-state index is -0.287. The van der Waals surface area contributed by atoms with Crippen molar-refractivity contribution in [2.45, 2.75) is 11.7 Å². The summed E-state index contributed by atoms with van der Waals surface area (Å²) in [5.41, 5.74) is 0. The molecule has 3 heteroatoms. The molecular weight excluding hydrogens is 180 g/mol. The highest BCUT2D eigenvalue weighted by atomic mass is 32.1. The summed E-state index contributed by atoms with van der Waals surface area (Å²) in [6.07, 6.45) is 7.37. The lowest BCUT2D eigenvalue weighted by atomic mass is 10.1. The van der Waals surface area contributed by atoms with Crippen LogP contribution in [0, 0.1) is 0 Å². The fourth-order valence-electron chi connectivity index (χ4n) is 1.27. The van der Waals surface area contributed by atoms with Crippen LogP contribution in [0.2, 0.25) is 0 Å². The van der Waals surface area contributed by atoms with Crippen molar-refractivity contribution in [1.82, 2.24) is 4.98 Å². The van der Waals surface area contributed by atoms with Crippen molar-refractivity contribution < 1.29 is 0 Å². The zero-order valence-corrected chi connectivity index (χ0v) is 8.20. The molecule has 2 rings (SSSR count). The first-order chi connectivity index (χ1) is 6.17. The minimum Gasteiger partial charge on any atom is -0.265 e. The van der Waals surface area contributed by atoms with Gasteiger partial charge in [-0.25, -0.2) is 0 Å². The topological polar surface area (TPSA) is 25.2 Å². The second-order valence-corrected chi connectivity index (χ2v) is 4.22. The van der Waals surface area contributed by atoms with Crippen molar-refractivity contribution in [1.29, 1.82) is 0 Å². The average molecular weight is 190 g/mol. The fraction of sp³-hybridized carbons (Fsp3) is 0.200. The number of aromatic nitrogens is 1. The van der Waals surface area contributed by atoms with Gasteiger partial charge in [0.25, 0.3) is 0 Å². The van der Waals surface area contributed by atoms with Crippen molar-refractivity contribution in [3.63, 3.8) is 0 Å². The molecule has 1 unspecified atom stereocenters. The van der Waals surface area contributed by atoms with Gasteiger partial charge in [-0.2, -0.15) is 12.6 Å². The highest BCUT2D eigenvalue weighted by molar-refractivity contribution is 7.83. The van der Waals surface area contributed by atoms with Gasteiger partial charge in [0.05, 0.1) is 16.3 Å². The first-order valence-electron chi connectivity index (χ1n) is 4.08. The van der Waals surface area contributed by atoms with E-state index in [1.54, 1.807) is 18.6 Å². The predicted molar refractivity (Wildman–Crippen MR) is 58.3 cm³/mol. The van der Waals surface area contributed by atoms with Gasteiger partial charge in [0.15, 0.2) is 0 Å². The third kappa shape index (κ3) is 1.80. The van der Waals surface area contributed by atoms with Crippen molar-refractivity contribution in [3.8, 4) is 0 Å². The number of hydrogen-bond acceptors (Lipinski definition) is 3. The van der Waals surface area contributed by atoms with E-state index < -0.39 is 0 Å². The number of fused-ring (bicyclic) bond motifs is 1. The lowest BCUT2D eigenvalue weighted by Gasteiger charge is -2.09. The van der Waals surface area contributed by atoms with Crippen LogP contribution in [0.4, 0.5) is 0 Å². The van der Waals surface area contributed by atoms with Gasteiger partial charge in [0.1, 0.15) is 0 Å². The molecule has 66 valence electrons. The Balaban J connectivity index is 2.77. The van der Waals surface area contributed by atoms with E-state index in [1.165, 1.54) is 0 Å². The summed E-state index contributed by atoms with van der Waals surface area (Å²) in [7, 11) is 0. The normalized spacial score (nSPS) is 25.4. The Hall–Kier alpha value is -1.09. The number of pyridine rings is 1. The van der Waals surface area contributed by atoms with Gasteiger partial charge in [-0.3, -0.25) is 9.98 Å². The van der Waals surface area contributed by atoms with Gasteiger partial charge in [-0.05, 0) is 18.2 Å².